The van der Waals surface area contributed by atoms with Gasteiger partial charge in [0.15, 0.2) is 0 Å². The van der Waals surface area contributed by atoms with Crippen molar-refractivity contribution in [3.8, 4) is 0 Å². The summed E-state index contributed by atoms with van der Waals surface area (Å²) in [7, 11) is 0. The summed E-state index contributed by atoms with van der Waals surface area (Å²) >= 11 is 9.40. The number of benzene rings is 1. The van der Waals surface area contributed by atoms with E-state index >= 15 is 0 Å². The molecule has 0 fully saturated rings. The van der Waals surface area contributed by atoms with Crippen LogP contribution in [0.1, 0.15) is 17.4 Å². The van der Waals surface area contributed by atoms with Crippen LogP contribution < -0.4 is 0 Å². The van der Waals surface area contributed by atoms with Crippen LogP contribution in [-0.4, -0.2) is 0 Å². The zero-order valence-electron chi connectivity index (χ0n) is 6.63. The van der Waals surface area contributed by atoms with Gasteiger partial charge < -0.3 is 0 Å². The van der Waals surface area contributed by atoms with Crippen LogP contribution in [-0.2, 0) is 0 Å². The quantitative estimate of drug-likeness (QED) is 0.698. The minimum atomic E-state index is 0.0260. The van der Waals surface area contributed by atoms with E-state index in [0.29, 0.717) is 0 Å². The minimum absolute atomic E-state index is 0.0260. The molecule has 0 nitrogen and oxygen atoms in total. The lowest BCUT2D eigenvalue weighted by molar-refractivity contribution is 0.951. The first-order valence-electron chi connectivity index (χ1n) is 3.72. The van der Waals surface area contributed by atoms with E-state index in [0.717, 1.165) is 16.5 Å². The second-order valence-electron chi connectivity index (χ2n) is 2.60. The van der Waals surface area contributed by atoms with Crippen molar-refractivity contribution < 1.29 is 0 Å². The Morgan fingerprint density at radius 1 is 1.42 bits per heavy atom. The fourth-order valence-corrected chi connectivity index (χ4v) is 1.82. The second-order valence-corrected chi connectivity index (χ2v) is 4.25. The summed E-state index contributed by atoms with van der Waals surface area (Å²) in [6.45, 7) is 3.75. The zero-order chi connectivity index (χ0) is 8.97. The standard InChI is InChI=1S/C10H10BrCl/c1-8(11)7-10(12)9-5-3-2-4-6-9/h2-6,10H,1,7H2. The van der Waals surface area contributed by atoms with Gasteiger partial charge >= 0.3 is 0 Å². The van der Waals surface area contributed by atoms with Crippen molar-refractivity contribution in [2.24, 2.45) is 0 Å². The lowest BCUT2D eigenvalue weighted by Gasteiger charge is -2.07. The molecule has 12 heavy (non-hydrogen) atoms. The van der Waals surface area contributed by atoms with Gasteiger partial charge in [-0.15, -0.1) is 11.6 Å². The summed E-state index contributed by atoms with van der Waals surface area (Å²) in [5.41, 5.74) is 1.14. The molecule has 0 aromatic heterocycles. The maximum atomic E-state index is 6.11. The summed E-state index contributed by atoms with van der Waals surface area (Å²) in [6.07, 6.45) is 0.769. The van der Waals surface area contributed by atoms with Crippen LogP contribution >= 0.6 is 27.5 Å². The van der Waals surface area contributed by atoms with Gasteiger partial charge in [0.1, 0.15) is 0 Å². The van der Waals surface area contributed by atoms with Gasteiger partial charge in [0.2, 0.25) is 0 Å². The Balaban J connectivity index is 2.65. The summed E-state index contributed by atoms with van der Waals surface area (Å²) in [5.74, 6) is 0. The molecule has 0 N–H and O–H groups in total. The highest BCUT2D eigenvalue weighted by Crippen LogP contribution is 2.28. The van der Waals surface area contributed by atoms with Crippen molar-refractivity contribution in [3.05, 3.63) is 47.0 Å². The molecular formula is C10H10BrCl. The monoisotopic (exact) mass is 244 g/mol. The molecule has 2 heteroatoms. The third-order valence-corrected chi connectivity index (χ3v) is 2.29. The third kappa shape index (κ3) is 3.00. The SMILES string of the molecule is C=C(Br)CC(Cl)c1ccccc1. The molecule has 1 aromatic rings. The Kier molecular flexibility index (Phi) is 3.83. The third-order valence-electron chi connectivity index (χ3n) is 1.56. The van der Waals surface area contributed by atoms with Gasteiger partial charge in [-0.25, -0.2) is 0 Å². The molecule has 0 radical (unpaired) electrons. The molecule has 0 aliphatic carbocycles. The van der Waals surface area contributed by atoms with Crippen molar-refractivity contribution in [1.82, 2.24) is 0 Å². The predicted molar refractivity (Wildman–Crippen MR) is 57.7 cm³/mol. The second kappa shape index (κ2) is 4.68. The lowest BCUT2D eigenvalue weighted by atomic mass is 10.1. The summed E-state index contributed by atoms with van der Waals surface area (Å²) in [6, 6.07) is 10.0. The van der Waals surface area contributed by atoms with E-state index in [4.69, 9.17) is 11.6 Å². The number of rotatable bonds is 3. The zero-order valence-corrected chi connectivity index (χ0v) is 8.98. The van der Waals surface area contributed by atoms with Gasteiger partial charge in [0.05, 0.1) is 5.38 Å². The molecule has 0 saturated heterocycles. The van der Waals surface area contributed by atoms with Gasteiger partial charge in [-0.2, -0.15) is 0 Å². The largest absolute Gasteiger partial charge is 0.117 e. The van der Waals surface area contributed by atoms with Gasteiger partial charge in [-0.1, -0.05) is 52.8 Å². The Hall–Kier alpha value is -0.270. The topological polar surface area (TPSA) is 0 Å². The Morgan fingerprint density at radius 2 is 2.00 bits per heavy atom. The maximum Gasteiger partial charge on any atom is 0.0630 e. The fraction of sp³-hybridized carbons (Fsp3) is 0.200. The van der Waals surface area contributed by atoms with Crippen molar-refractivity contribution in [3.63, 3.8) is 0 Å². The Bertz CT molecular complexity index is 256. The van der Waals surface area contributed by atoms with Gasteiger partial charge in [0, 0.05) is 0 Å². The highest BCUT2D eigenvalue weighted by molar-refractivity contribution is 9.11. The van der Waals surface area contributed by atoms with Crippen LogP contribution in [0.25, 0.3) is 0 Å². The summed E-state index contributed by atoms with van der Waals surface area (Å²) in [5, 5.41) is 0.0260. The van der Waals surface area contributed by atoms with Crippen LogP contribution in [0.3, 0.4) is 0 Å². The highest BCUT2D eigenvalue weighted by atomic mass is 79.9. The predicted octanol–water partition coefficient (Wildman–Crippen LogP) is 4.27. The first-order valence-corrected chi connectivity index (χ1v) is 4.95. The van der Waals surface area contributed by atoms with Crippen LogP contribution in [0, 0.1) is 0 Å². The molecule has 1 unspecified atom stereocenters. The Labute approximate surface area is 86.4 Å². The number of allylic oxidation sites excluding steroid dienone is 1. The molecular weight excluding hydrogens is 235 g/mol. The van der Waals surface area contributed by atoms with Crippen molar-refractivity contribution in [2.75, 3.05) is 0 Å². The van der Waals surface area contributed by atoms with E-state index in [1.807, 2.05) is 30.3 Å². The van der Waals surface area contributed by atoms with Crippen LogP contribution in [0.15, 0.2) is 41.4 Å². The first kappa shape index (κ1) is 9.82. The van der Waals surface area contributed by atoms with Crippen molar-refractivity contribution >= 4 is 27.5 Å². The van der Waals surface area contributed by atoms with Crippen molar-refractivity contribution in [1.29, 1.82) is 0 Å². The lowest BCUT2D eigenvalue weighted by Crippen LogP contribution is -1.88. The molecule has 0 amide bonds. The van der Waals surface area contributed by atoms with E-state index in [-0.39, 0.29) is 5.38 Å². The number of hydrogen-bond acceptors (Lipinski definition) is 0. The van der Waals surface area contributed by atoms with E-state index in [1.165, 1.54) is 0 Å². The van der Waals surface area contributed by atoms with E-state index in [2.05, 4.69) is 22.5 Å². The van der Waals surface area contributed by atoms with Crippen LogP contribution in [0.5, 0.6) is 0 Å². The van der Waals surface area contributed by atoms with E-state index < -0.39 is 0 Å². The maximum absolute atomic E-state index is 6.11. The summed E-state index contributed by atoms with van der Waals surface area (Å²) in [4.78, 5) is 0. The minimum Gasteiger partial charge on any atom is -0.117 e. The van der Waals surface area contributed by atoms with Gasteiger partial charge in [0.25, 0.3) is 0 Å². The fourth-order valence-electron chi connectivity index (χ4n) is 0.974. The van der Waals surface area contributed by atoms with Gasteiger partial charge in [-0.3, -0.25) is 0 Å². The number of hydrogen-bond donors (Lipinski definition) is 0. The van der Waals surface area contributed by atoms with Crippen LogP contribution in [0.2, 0.25) is 0 Å². The summed E-state index contributed by atoms with van der Waals surface area (Å²) < 4.78 is 0.936. The van der Waals surface area contributed by atoms with E-state index in [1.54, 1.807) is 0 Å². The van der Waals surface area contributed by atoms with E-state index in [9.17, 15) is 0 Å². The van der Waals surface area contributed by atoms with Crippen LogP contribution in [0.4, 0.5) is 0 Å². The smallest absolute Gasteiger partial charge is 0.0630 e. The normalized spacial score (nSPS) is 12.5. The molecule has 0 bridgehead atoms. The molecule has 0 aliphatic heterocycles. The average Bonchev–Trinajstić information content (AvgIpc) is 2.05. The molecule has 0 saturated carbocycles. The molecule has 1 rings (SSSR count). The molecule has 1 aromatic carbocycles. The molecule has 0 aliphatic rings. The number of halogens is 2. The molecule has 0 heterocycles. The average molecular weight is 246 g/mol. The Morgan fingerprint density at radius 3 is 2.50 bits per heavy atom. The molecule has 0 spiro atoms. The first-order chi connectivity index (χ1) is 5.70. The van der Waals surface area contributed by atoms with Gasteiger partial charge in [-0.05, 0) is 16.5 Å². The molecule has 1 atom stereocenters. The highest BCUT2D eigenvalue weighted by Gasteiger charge is 2.06. The number of alkyl halides is 1. The molecule has 64 valence electrons. The van der Waals surface area contributed by atoms with Crippen molar-refractivity contribution in [2.45, 2.75) is 11.8 Å².